The molecule has 3 aromatic carbocycles. The van der Waals surface area contributed by atoms with Gasteiger partial charge in [0.2, 0.25) is 0 Å². The van der Waals surface area contributed by atoms with Crippen molar-refractivity contribution in [3.8, 4) is 0 Å². The maximum Gasteiger partial charge on any atom is 0.268 e. The van der Waals surface area contributed by atoms with Crippen molar-refractivity contribution in [3.63, 3.8) is 0 Å². The van der Waals surface area contributed by atoms with E-state index in [9.17, 15) is 8.42 Å². The number of benzene rings is 3. The van der Waals surface area contributed by atoms with E-state index >= 15 is 0 Å². The summed E-state index contributed by atoms with van der Waals surface area (Å²) in [5.74, 6) is 0. The van der Waals surface area contributed by atoms with Gasteiger partial charge in [-0.2, -0.15) is 0 Å². The van der Waals surface area contributed by atoms with E-state index in [0.717, 1.165) is 32.9 Å². The molecule has 0 amide bonds. The van der Waals surface area contributed by atoms with Crippen LogP contribution in [0.1, 0.15) is 11.3 Å². The highest BCUT2D eigenvalue weighted by Crippen LogP contribution is 2.37. The molecule has 0 aliphatic carbocycles. The lowest BCUT2D eigenvalue weighted by molar-refractivity contribution is 0.590. The number of hydrogen-bond donors (Lipinski definition) is 0. The van der Waals surface area contributed by atoms with Crippen LogP contribution in [0.25, 0.3) is 32.7 Å². The summed E-state index contributed by atoms with van der Waals surface area (Å²) in [6, 6.07) is 22.3. The van der Waals surface area contributed by atoms with Crippen molar-refractivity contribution in [2.24, 2.45) is 0 Å². The summed E-state index contributed by atoms with van der Waals surface area (Å²) in [6.07, 6.45) is 0. The number of aromatic nitrogens is 2. The van der Waals surface area contributed by atoms with Gasteiger partial charge in [0.15, 0.2) is 0 Å². The van der Waals surface area contributed by atoms with Crippen molar-refractivity contribution in [3.05, 3.63) is 84.1 Å². The van der Waals surface area contributed by atoms with Crippen molar-refractivity contribution in [2.75, 3.05) is 0 Å². The van der Waals surface area contributed by atoms with E-state index in [2.05, 4.69) is 0 Å². The van der Waals surface area contributed by atoms with Crippen LogP contribution in [0, 0.1) is 13.8 Å². The van der Waals surface area contributed by atoms with Gasteiger partial charge < -0.3 is 0 Å². The quantitative estimate of drug-likeness (QED) is 0.419. The first-order valence-electron chi connectivity index (χ1n) is 9.09. The molecular weight excluding hydrogens is 368 g/mol. The summed E-state index contributed by atoms with van der Waals surface area (Å²) < 4.78 is 28.9. The minimum Gasteiger partial charge on any atom is -0.252 e. The summed E-state index contributed by atoms with van der Waals surface area (Å²) in [4.78, 5) is 5.00. The molecule has 0 saturated carbocycles. The van der Waals surface area contributed by atoms with Gasteiger partial charge in [-0.3, -0.25) is 4.98 Å². The van der Waals surface area contributed by atoms with E-state index in [0.29, 0.717) is 11.0 Å². The number of pyridine rings is 1. The number of aryl methyl sites for hydroxylation is 2. The summed E-state index contributed by atoms with van der Waals surface area (Å²) in [7, 11) is -3.78. The van der Waals surface area contributed by atoms with Crippen LogP contribution in [0.4, 0.5) is 0 Å². The highest BCUT2D eigenvalue weighted by molar-refractivity contribution is 7.90. The number of para-hydroxylation sites is 2. The molecule has 0 bridgehead atoms. The predicted octanol–water partition coefficient (Wildman–Crippen LogP) is 5.20. The van der Waals surface area contributed by atoms with Crippen LogP contribution in [0.5, 0.6) is 0 Å². The zero-order chi connectivity index (χ0) is 19.5. The lowest BCUT2D eigenvalue weighted by atomic mass is 10.1. The highest BCUT2D eigenvalue weighted by Gasteiger charge is 2.25. The first-order chi connectivity index (χ1) is 13.5. The maximum atomic E-state index is 13.7. The van der Waals surface area contributed by atoms with Crippen LogP contribution in [0.2, 0.25) is 0 Å². The van der Waals surface area contributed by atoms with E-state index in [1.807, 2.05) is 74.5 Å². The highest BCUT2D eigenvalue weighted by atomic mass is 32.2. The number of rotatable bonds is 2. The summed E-state index contributed by atoms with van der Waals surface area (Å²) in [5, 5.41) is 2.60. The Hall–Kier alpha value is -3.18. The van der Waals surface area contributed by atoms with Gasteiger partial charge in [0, 0.05) is 21.9 Å². The molecule has 0 unspecified atom stereocenters. The monoisotopic (exact) mass is 386 g/mol. The van der Waals surface area contributed by atoms with Crippen LogP contribution in [0.3, 0.4) is 0 Å². The molecule has 5 aromatic rings. The maximum absolute atomic E-state index is 13.7. The van der Waals surface area contributed by atoms with E-state index in [4.69, 9.17) is 4.98 Å². The van der Waals surface area contributed by atoms with Gasteiger partial charge in [-0.15, -0.1) is 0 Å². The van der Waals surface area contributed by atoms with E-state index < -0.39 is 10.0 Å². The first kappa shape index (κ1) is 17.0. The van der Waals surface area contributed by atoms with E-state index in [1.54, 1.807) is 12.1 Å². The second-order valence-corrected chi connectivity index (χ2v) is 8.82. The Bertz CT molecular complexity index is 1480. The molecule has 0 saturated heterocycles. The van der Waals surface area contributed by atoms with Gasteiger partial charge in [-0.05, 0) is 38.1 Å². The van der Waals surface area contributed by atoms with Gasteiger partial charge in [0.1, 0.15) is 0 Å². The molecule has 4 nitrogen and oxygen atoms in total. The predicted molar refractivity (Wildman–Crippen MR) is 113 cm³/mol. The number of fused-ring (bicyclic) bond motifs is 5. The molecule has 0 aliphatic rings. The third kappa shape index (κ3) is 2.29. The fourth-order valence-corrected chi connectivity index (χ4v) is 5.43. The van der Waals surface area contributed by atoms with Crippen LogP contribution in [-0.2, 0) is 10.0 Å². The van der Waals surface area contributed by atoms with Crippen LogP contribution in [-0.4, -0.2) is 17.4 Å². The van der Waals surface area contributed by atoms with Crippen molar-refractivity contribution in [1.82, 2.24) is 8.96 Å². The van der Waals surface area contributed by atoms with Gasteiger partial charge in [-0.1, -0.05) is 54.1 Å². The molecule has 0 spiro atoms. The van der Waals surface area contributed by atoms with Crippen LogP contribution >= 0.6 is 0 Å². The van der Waals surface area contributed by atoms with Crippen molar-refractivity contribution in [2.45, 2.75) is 18.7 Å². The van der Waals surface area contributed by atoms with Crippen molar-refractivity contribution >= 4 is 42.7 Å². The average Bonchev–Trinajstić information content (AvgIpc) is 3.05. The van der Waals surface area contributed by atoms with Gasteiger partial charge in [0.05, 0.1) is 21.4 Å². The third-order valence-corrected chi connectivity index (χ3v) is 6.93. The molecular formula is C23H18N2O2S. The fourth-order valence-electron chi connectivity index (χ4n) is 3.90. The zero-order valence-corrected chi connectivity index (χ0v) is 16.4. The normalized spacial score (nSPS) is 12.2. The van der Waals surface area contributed by atoms with Gasteiger partial charge >= 0.3 is 0 Å². The number of nitrogens with zero attached hydrogens (tertiary/aromatic N) is 2. The molecule has 2 heterocycles. The van der Waals surface area contributed by atoms with Crippen LogP contribution < -0.4 is 0 Å². The summed E-state index contributed by atoms with van der Waals surface area (Å²) in [6.45, 7) is 3.88. The lowest BCUT2D eigenvalue weighted by Crippen LogP contribution is -2.13. The van der Waals surface area contributed by atoms with E-state index in [-0.39, 0.29) is 4.90 Å². The Kier molecular flexibility index (Phi) is 3.58. The SMILES string of the molecule is Cc1ccc(S(=O)(=O)n2c3ccccc3c3c(C)nc4ccccc4c32)cc1. The topological polar surface area (TPSA) is 52.0 Å². The second-order valence-electron chi connectivity index (χ2n) is 7.04. The molecule has 2 aromatic heterocycles. The zero-order valence-electron chi connectivity index (χ0n) is 15.5. The minimum absolute atomic E-state index is 0.277. The molecule has 0 atom stereocenters. The fraction of sp³-hybridized carbons (Fsp3) is 0.0870. The molecule has 0 N–H and O–H groups in total. The van der Waals surface area contributed by atoms with Crippen LogP contribution in [0.15, 0.2) is 77.7 Å². The average molecular weight is 386 g/mol. The molecule has 5 heteroatoms. The molecule has 28 heavy (non-hydrogen) atoms. The minimum atomic E-state index is -3.78. The van der Waals surface area contributed by atoms with Gasteiger partial charge in [0.25, 0.3) is 10.0 Å². The Labute approximate surface area is 163 Å². The second kappa shape index (κ2) is 5.91. The Balaban J connectivity index is 2.04. The molecule has 138 valence electrons. The Morgan fingerprint density at radius 1 is 0.786 bits per heavy atom. The Morgan fingerprint density at radius 3 is 2.18 bits per heavy atom. The molecule has 0 aliphatic heterocycles. The molecule has 0 radical (unpaired) electrons. The largest absolute Gasteiger partial charge is 0.268 e. The lowest BCUT2D eigenvalue weighted by Gasteiger charge is -2.11. The summed E-state index contributed by atoms with van der Waals surface area (Å²) >= 11 is 0. The molecule has 0 fully saturated rings. The van der Waals surface area contributed by atoms with Gasteiger partial charge in [-0.25, -0.2) is 12.4 Å². The smallest absolute Gasteiger partial charge is 0.252 e. The van der Waals surface area contributed by atoms with Crippen molar-refractivity contribution in [1.29, 1.82) is 0 Å². The third-order valence-electron chi connectivity index (χ3n) is 5.20. The van der Waals surface area contributed by atoms with E-state index in [1.165, 1.54) is 3.97 Å². The summed E-state index contributed by atoms with van der Waals surface area (Å²) in [5.41, 5.74) is 3.98. The number of hydrogen-bond acceptors (Lipinski definition) is 3. The Morgan fingerprint density at radius 2 is 1.43 bits per heavy atom. The standard InChI is InChI=1S/C23H18N2O2S/c1-15-11-13-17(14-12-15)28(26,27)25-21-10-6-4-8-19(21)22-16(2)24-20-9-5-3-7-18(20)23(22)25/h3-14H,1-2H3. The molecule has 5 rings (SSSR count). The van der Waals surface area contributed by atoms with Crippen molar-refractivity contribution < 1.29 is 8.42 Å². The first-order valence-corrected chi connectivity index (χ1v) is 10.5.